The zero-order valence-corrected chi connectivity index (χ0v) is 48.7. The molecule has 0 N–H and O–H groups in total. The quantitative estimate of drug-likeness (QED) is 0.159. The molecule has 0 amide bonds. The van der Waals surface area contributed by atoms with E-state index in [0.29, 0.717) is 0 Å². The summed E-state index contributed by atoms with van der Waals surface area (Å²) in [7, 11) is 0. The van der Waals surface area contributed by atoms with Crippen LogP contribution in [-0.2, 0) is 21.7 Å². The van der Waals surface area contributed by atoms with Crippen LogP contribution in [0.5, 0.6) is 0 Å². The Bertz CT molecular complexity index is 4590. The van der Waals surface area contributed by atoms with E-state index in [9.17, 15) is 0 Å². The van der Waals surface area contributed by atoms with E-state index < -0.39 is 5.41 Å². The van der Waals surface area contributed by atoms with Gasteiger partial charge in [-0.1, -0.05) is 226 Å². The second-order valence-corrected chi connectivity index (χ2v) is 26.1. The van der Waals surface area contributed by atoms with Gasteiger partial charge in [-0.2, -0.15) is 0 Å². The van der Waals surface area contributed by atoms with Crippen molar-refractivity contribution in [3.8, 4) is 33.4 Å². The van der Waals surface area contributed by atoms with E-state index in [2.05, 4.69) is 309 Å². The number of para-hydroxylation sites is 2. The second kappa shape index (κ2) is 18.3. The first-order valence-electron chi connectivity index (χ1n) is 29.3. The van der Waals surface area contributed by atoms with Gasteiger partial charge in [-0.05, 0) is 161 Å². The SMILES string of the molecule is CC(C)(C)c1ccc(N(c2ccc(-c3ccccc3)cc2)c2cc3c(c4c2oc2ccccc24)-c2c(cc(N(c4ccc(C(C)(C)C)cc4)c4ccc(C(C)(C)C)cc4)c4oc5ccccc5c24)C32c3ccccc3-c3ccccc32)cc1. The number of furan rings is 2. The molecule has 13 aromatic rings. The summed E-state index contributed by atoms with van der Waals surface area (Å²) in [6, 6.07) is 87.9. The summed E-state index contributed by atoms with van der Waals surface area (Å²) in [5.74, 6) is 0. The van der Waals surface area contributed by atoms with Crippen molar-refractivity contribution in [2.75, 3.05) is 9.80 Å². The van der Waals surface area contributed by atoms with Gasteiger partial charge in [-0.25, -0.2) is 0 Å². The number of rotatable bonds is 7. The second-order valence-electron chi connectivity index (χ2n) is 26.1. The number of hydrogen-bond donors (Lipinski definition) is 0. The summed E-state index contributed by atoms with van der Waals surface area (Å²) < 4.78 is 14.9. The number of nitrogens with zero attached hydrogens (tertiary/aromatic N) is 2. The molecular weight excluding hydrogens is 1010 g/mol. The van der Waals surface area contributed by atoms with Gasteiger partial charge in [0.05, 0.1) is 16.8 Å². The molecule has 0 saturated heterocycles. The fourth-order valence-electron chi connectivity index (χ4n) is 13.8. The maximum Gasteiger partial charge on any atom is 0.160 e. The zero-order valence-electron chi connectivity index (χ0n) is 48.7. The highest BCUT2D eigenvalue weighted by atomic mass is 16.3. The van der Waals surface area contributed by atoms with Crippen molar-refractivity contribution in [3.63, 3.8) is 0 Å². The normalized spacial score (nSPS) is 13.5. The van der Waals surface area contributed by atoms with Crippen molar-refractivity contribution in [2.45, 2.75) is 84.0 Å². The summed E-state index contributed by atoms with van der Waals surface area (Å²) in [5, 5.41) is 4.30. The molecule has 0 saturated carbocycles. The molecule has 0 unspecified atom stereocenters. The molecule has 2 heterocycles. The molecule has 11 aromatic carbocycles. The summed E-state index contributed by atoms with van der Waals surface area (Å²) in [6.07, 6.45) is 0. The van der Waals surface area contributed by atoms with E-state index >= 15 is 0 Å². The third kappa shape index (κ3) is 7.72. The summed E-state index contributed by atoms with van der Waals surface area (Å²) >= 11 is 0. The maximum atomic E-state index is 7.46. The zero-order chi connectivity index (χ0) is 56.7. The third-order valence-corrected chi connectivity index (χ3v) is 18.0. The van der Waals surface area contributed by atoms with Crippen LogP contribution in [0.1, 0.15) is 101 Å². The van der Waals surface area contributed by atoms with Crippen LogP contribution in [0.4, 0.5) is 34.1 Å². The molecule has 0 aliphatic heterocycles. The first kappa shape index (κ1) is 50.6. The third-order valence-electron chi connectivity index (χ3n) is 18.0. The Balaban J connectivity index is 1.11. The predicted molar refractivity (Wildman–Crippen MR) is 348 cm³/mol. The van der Waals surface area contributed by atoms with Crippen molar-refractivity contribution in [1.82, 2.24) is 0 Å². The molecule has 404 valence electrons. The van der Waals surface area contributed by atoms with Crippen LogP contribution in [0.2, 0.25) is 0 Å². The van der Waals surface area contributed by atoms with Gasteiger partial charge in [0.1, 0.15) is 11.2 Å². The fourth-order valence-corrected chi connectivity index (χ4v) is 13.8. The van der Waals surface area contributed by atoms with Gasteiger partial charge in [-0.15, -0.1) is 0 Å². The first-order valence-corrected chi connectivity index (χ1v) is 29.3. The molecule has 83 heavy (non-hydrogen) atoms. The van der Waals surface area contributed by atoms with Gasteiger partial charge in [0.15, 0.2) is 11.2 Å². The Morgan fingerprint density at radius 3 is 1.02 bits per heavy atom. The van der Waals surface area contributed by atoms with E-state index in [1.165, 1.54) is 55.6 Å². The lowest BCUT2D eigenvalue weighted by atomic mass is 9.70. The lowest BCUT2D eigenvalue weighted by molar-refractivity contribution is 0.590. The van der Waals surface area contributed by atoms with Crippen LogP contribution >= 0.6 is 0 Å². The lowest BCUT2D eigenvalue weighted by Crippen LogP contribution is -2.26. The predicted octanol–water partition coefficient (Wildman–Crippen LogP) is 22.3. The monoisotopic (exact) mass is 1070 g/mol. The molecule has 15 rings (SSSR count). The molecule has 0 fully saturated rings. The summed E-state index contributed by atoms with van der Waals surface area (Å²) in [5.41, 5.74) is 24.4. The Hall–Kier alpha value is -9.38. The van der Waals surface area contributed by atoms with Crippen molar-refractivity contribution in [2.24, 2.45) is 0 Å². The smallest absolute Gasteiger partial charge is 0.160 e. The Morgan fingerprint density at radius 1 is 0.313 bits per heavy atom. The minimum atomic E-state index is -0.808. The number of fused-ring (bicyclic) bond motifs is 18. The molecular formula is C79H66N2O2. The summed E-state index contributed by atoms with van der Waals surface area (Å²) in [6.45, 7) is 20.6. The highest BCUT2D eigenvalue weighted by molar-refractivity contribution is 6.27. The number of anilines is 6. The molecule has 0 atom stereocenters. The van der Waals surface area contributed by atoms with Crippen molar-refractivity contribution < 1.29 is 8.83 Å². The van der Waals surface area contributed by atoms with Crippen LogP contribution in [0, 0.1) is 0 Å². The van der Waals surface area contributed by atoms with Crippen LogP contribution in [0.25, 0.3) is 77.3 Å². The molecule has 0 bridgehead atoms. The van der Waals surface area contributed by atoms with Crippen molar-refractivity contribution >= 4 is 78.0 Å². The van der Waals surface area contributed by atoms with Crippen molar-refractivity contribution in [3.05, 3.63) is 276 Å². The largest absolute Gasteiger partial charge is 0.454 e. The average Bonchev–Trinajstić information content (AvgIpc) is 1.51. The van der Waals surface area contributed by atoms with E-state index in [1.807, 2.05) is 0 Å². The van der Waals surface area contributed by atoms with Crippen LogP contribution in [0.15, 0.2) is 245 Å². The van der Waals surface area contributed by atoms with E-state index in [4.69, 9.17) is 8.83 Å². The molecule has 4 heteroatoms. The van der Waals surface area contributed by atoms with Gasteiger partial charge < -0.3 is 18.6 Å². The number of benzene rings is 11. The first-order chi connectivity index (χ1) is 40.1. The fraction of sp³-hybridized carbons (Fsp3) is 0.165. The molecule has 2 aliphatic carbocycles. The van der Waals surface area contributed by atoms with Gasteiger partial charge >= 0.3 is 0 Å². The summed E-state index contributed by atoms with van der Waals surface area (Å²) in [4.78, 5) is 4.89. The average molecular weight is 1080 g/mol. The molecule has 0 radical (unpaired) electrons. The van der Waals surface area contributed by atoms with Crippen LogP contribution in [0.3, 0.4) is 0 Å². The molecule has 2 aliphatic rings. The van der Waals surface area contributed by atoms with E-state index in [1.54, 1.807) is 0 Å². The minimum Gasteiger partial charge on any atom is -0.454 e. The van der Waals surface area contributed by atoms with Gasteiger partial charge in [0, 0.05) is 44.3 Å². The molecule has 2 aromatic heterocycles. The molecule has 1 spiro atoms. The Labute approximate surface area is 486 Å². The number of hydrogen-bond acceptors (Lipinski definition) is 4. The lowest BCUT2D eigenvalue weighted by Gasteiger charge is -2.33. The van der Waals surface area contributed by atoms with Crippen molar-refractivity contribution in [1.29, 1.82) is 0 Å². The highest BCUT2D eigenvalue weighted by Crippen LogP contribution is 2.68. The topological polar surface area (TPSA) is 32.8 Å². The van der Waals surface area contributed by atoms with E-state index in [0.717, 1.165) is 94.7 Å². The molecule has 4 nitrogen and oxygen atoms in total. The standard InChI is InChI=1S/C79H66N2O2/c1-76(2,3)51-33-41-55(42-34-51)80(54-39-31-50(32-40-54)49-21-11-10-12-22-49)66-47-64-72(70-60-25-15-19-29-68(60)82-74(66)70)73-65(79(64)62-27-17-13-23-58(62)59-24-14-18-28-63(59)79)48-67(75-71(73)61-26-16-20-30-69(61)83-75)81(56-43-35-52(36-44-56)77(4,5)6)57-45-37-53(38-46-57)78(7,8)9/h10-48H,1-9H3. The Kier molecular flexibility index (Phi) is 11.2. The Morgan fingerprint density at radius 2 is 0.639 bits per heavy atom. The maximum absolute atomic E-state index is 7.46. The van der Waals surface area contributed by atoms with Gasteiger partial charge in [0.2, 0.25) is 0 Å². The van der Waals surface area contributed by atoms with Gasteiger partial charge in [0.25, 0.3) is 0 Å². The van der Waals surface area contributed by atoms with Crippen LogP contribution in [-0.4, -0.2) is 0 Å². The van der Waals surface area contributed by atoms with Gasteiger partial charge in [-0.3, -0.25) is 0 Å². The highest BCUT2D eigenvalue weighted by Gasteiger charge is 2.54. The van der Waals surface area contributed by atoms with Crippen LogP contribution < -0.4 is 9.80 Å². The van der Waals surface area contributed by atoms with E-state index in [-0.39, 0.29) is 16.2 Å². The minimum absolute atomic E-state index is 0.0305.